The minimum Gasteiger partial charge on any atom is -0.481 e. The first-order valence-electron chi connectivity index (χ1n) is 10.3. The third-order valence-electron chi connectivity index (χ3n) is 5.23. The van der Waals surface area contributed by atoms with Crippen LogP contribution < -0.4 is 10.4 Å². The second-order valence-corrected chi connectivity index (χ2v) is 8.66. The maximum absolute atomic E-state index is 12.6. The highest BCUT2D eigenvalue weighted by Gasteiger charge is 2.50. The predicted octanol–water partition coefficient (Wildman–Crippen LogP) is 4.47. The van der Waals surface area contributed by atoms with Crippen LogP contribution in [-0.2, 0) is 19.1 Å². The van der Waals surface area contributed by atoms with Gasteiger partial charge >= 0.3 is 17.6 Å². The maximum Gasteiger partial charge on any atom is 0.336 e. The predicted molar refractivity (Wildman–Crippen MR) is 115 cm³/mol. The molecule has 2 aromatic rings. The molecule has 7 nitrogen and oxygen atoms in total. The average Bonchev–Trinajstić information content (AvgIpc) is 3.05. The van der Waals surface area contributed by atoms with Gasteiger partial charge in [0.2, 0.25) is 0 Å². The van der Waals surface area contributed by atoms with Crippen LogP contribution >= 0.6 is 0 Å². The van der Waals surface area contributed by atoms with Gasteiger partial charge in [-0.25, -0.2) is 9.59 Å². The molecule has 7 heteroatoms. The highest BCUT2D eigenvalue weighted by atomic mass is 16.6. The van der Waals surface area contributed by atoms with Gasteiger partial charge in [0.15, 0.2) is 12.2 Å². The minimum absolute atomic E-state index is 0.133. The van der Waals surface area contributed by atoms with Gasteiger partial charge in [-0.05, 0) is 51.8 Å². The molecule has 2 atom stereocenters. The smallest absolute Gasteiger partial charge is 0.336 e. The lowest BCUT2D eigenvalue weighted by Gasteiger charge is -2.34. The van der Waals surface area contributed by atoms with E-state index in [0.29, 0.717) is 22.3 Å². The van der Waals surface area contributed by atoms with Crippen LogP contribution in [0.4, 0.5) is 0 Å². The van der Waals surface area contributed by atoms with E-state index >= 15 is 0 Å². The first-order chi connectivity index (χ1) is 14.5. The molecular formula is C24H28O7. The summed E-state index contributed by atoms with van der Waals surface area (Å²) >= 11 is 0. The number of esters is 2. The molecule has 0 saturated carbocycles. The summed E-state index contributed by atoms with van der Waals surface area (Å²) in [4.78, 5) is 36.9. The summed E-state index contributed by atoms with van der Waals surface area (Å²) in [5, 5.41) is 0.668. The summed E-state index contributed by atoms with van der Waals surface area (Å²) in [6.07, 6.45) is 0.130. The van der Waals surface area contributed by atoms with Crippen LogP contribution in [0.2, 0.25) is 0 Å². The molecule has 0 amide bonds. The molecule has 1 aliphatic rings. The summed E-state index contributed by atoms with van der Waals surface area (Å²) in [6, 6.07) is 6.45. The van der Waals surface area contributed by atoms with E-state index in [9.17, 15) is 14.4 Å². The summed E-state index contributed by atoms with van der Waals surface area (Å²) < 4.78 is 23.1. The Morgan fingerprint density at radius 2 is 1.87 bits per heavy atom. The standard InChI is InChI=1S/C24H28O7/c1-7-14(4)23(27)30-21-19-16(10-8-15-9-11-17(25)29-20(15)19)28-22(21)24(5,6)31-18(26)12-13(2)3/h7-11,13,21-22H,12H2,1-6H3/b14-7-/t21-,22+/m1/s1. The third-order valence-corrected chi connectivity index (χ3v) is 5.23. The molecule has 1 aromatic heterocycles. The number of ether oxygens (including phenoxy) is 3. The Labute approximate surface area is 181 Å². The second-order valence-electron chi connectivity index (χ2n) is 8.66. The number of benzene rings is 1. The van der Waals surface area contributed by atoms with Gasteiger partial charge in [0.25, 0.3) is 0 Å². The van der Waals surface area contributed by atoms with E-state index in [1.165, 1.54) is 6.07 Å². The number of carbonyl (C=O) groups excluding carboxylic acids is 2. The van der Waals surface area contributed by atoms with Crippen molar-refractivity contribution in [3.05, 3.63) is 51.9 Å². The first-order valence-corrected chi connectivity index (χ1v) is 10.3. The van der Waals surface area contributed by atoms with E-state index in [1.807, 2.05) is 13.8 Å². The zero-order valence-electron chi connectivity index (χ0n) is 18.7. The lowest BCUT2D eigenvalue weighted by Crippen LogP contribution is -2.46. The lowest BCUT2D eigenvalue weighted by atomic mass is 9.93. The molecule has 0 saturated heterocycles. The van der Waals surface area contributed by atoms with Gasteiger partial charge in [0, 0.05) is 23.4 Å². The largest absolute Gasteiger partial charge is 0.481 e. The molecule has 3 rings (SSSR count). The van der Waals surface area contributed by atoms with Crippen LogP contribution in [0.15, 0.2) is 45.1 Å². The van der Waals surface area contributed by atoms with Crippen molar-refractivity contribution >= 4 is 22.9 Å². The van der Waals surface area contributed by atoms with Gasteiger partial charge in [-0.2, -0.15) is 0 Å². The van der Waals surface area contributed by atoms with Crippen LogP contribution in [0.3, 0.4) is 0 Å². The summed E-state index contributed by atoms with van der Waals surface area (Å²) in [6.45, 7) is 10.7. The molecule has 1 aromatic carbocycles. The lowest BCUT2D eigenvalue weighted by molar-refractivity contribution is -0.176. The van der Waals surface area contributed by atoms with E-state index in [0.717, 1.165) is 0 Å². The molecule has 0 aliphatic carbocycles. The van der Waals surface area contributed by atoms with E-state index in [4.69, 9.17) is 18.6 Å². The van der Waals surface area contributed by atoms with Crippen molar-refractivity contribution in [3.63, 3.8) is 0 Å². The molecule has 0 N–H and O–H groups in total. The number of carbonyl (C=O) groups is 2. The van der Waals surface area contributed by atoms with Crippen molar-refractivity contribution in [1.29, 1.82) is 0 Å². The van der Waals surface area contributed by atoms with Crippen LogP contribution in [0, 0.1) is 5.92 Å². The van der Waals surface area contributed by atoms with Crippen LogP contribution in [0.1, 0.15) is 59.6 Å². The summed E-state index contributed by atoms with van der Waals surface area (Å²) in [5.74, 6) is -0.357. The molecule has 166 valence electrons. The fraction of sp³-hybridized carbons (Fsp3) is 0.458. The van der Waals surface area contributed by atoms with E-state index in [2.05, 4.69) is 0 Å². The maximum atomic E-state index is 12.6. The Bertz CT molecular complexity index is 1090. The van der Waals surface area contributed by atoms with Crippen molar-refractivity contribution in [2.75, 3.05) is 0 Å². The number of allylic oxidation sites excluding steroid dienone is 1. The van der Waals surface area contributed by atoms with Crippen molar-refractivity contribution in [3.8, 4) is 5.75 Å². The zero-order valence-corrected chi connectivity index (χ0v) is 18.7. The van der Waals surface area contributed by atoms with Gasteiger partial charge in [0.05, 0.1) is 5.56 Å². The summed E-state index contributed by atoms with van der Waals surface area (Å²) in [7, 11) is 0. The van der Waals surface area contributed by atoms with E-state index < -0.39 is 29.4 Å². The van der Waals surface area contributed by atoms with Gasteiger partial charge in [-0.1, -0.05) is 19.9 Å². The number of hydrogen-bond acceptors (Lipinski definition) is 7. The van der Waals surface area contributed by atoms with Crippen molar-refractivity contribution in [2.45, 2.75) is 65.8 Å². The Morgan fingerprint density at radius 1 is 1.19 bits per heavy atom. The number of rotatable bonds is 6. The molecule has 0 bridgehead atoms. The number of hydrogen-bond donors (Lipinski definition) is 0. The summed E-state index contributed by atoms with van der Waals surface area (Å²) in [5.41, 5.74) is -0.496. The average molecular weight is 428 g/mol. The molecule has 2 heterocycles. The van der Waals surface area contributed by atoms with Crippen molar-refractivity contribution in [1.82, 2.24) is 0 Å². The Morgan fingerprint density at radius 3 is 2.52 bits per heavy atom. The van der Waals surface area contributed by atoms with Crippen LogP contribution in [-0.4, -0.2) is 23.6 Å². The molecule has 0 unspecified atom stereocenters. The first kappa shape index (κ1) is 22.6. The van der Waals surface area contributed by atoms with Gasteiger partial charge in [-0.3, -0.25) is 4.79 Å². The SMILES string of the molecule is C/C=C(/C)C(=O)O[C@@H]1c2c(ccc3ccc(=O)oc23)O[C@@H]1C(C)(C)OC(=O)CC(C)C. The Hall–Kier alpha value is -3.09. The van der Waals surface area contributed by atoms with Gasteiger partial charge in [0.1, 0.15) is 16.9 Å². The Kier molecular flexibility index (Phi) is 6.25. The van der Waals surface area contributed by atoms with Crippen molar-refractivity contribution in [2.24, 2.45) is 5.92 Å². The van der Waals surface area contributed by atoms with Crippen LogP contribution in [0.25, 0.3) is 11.0 Å². The Balaban J connectivity index is 2.07. The molecule has 0 radical (unpaired) electrons. The molecular weight excluding hydrogens is 400 g/mol. The van der Waals surface area contributed by atoms with Gasteiger partial charge in [-0.15, -0.1) is 0 Å². The van der Waals surface area contributed by atoms with E-state index in [-0.39, 0.29) is 23.9 Å². The molecule has 31 heavy (non-hydrogen) atoms. The highest BCUT2D eigenvalue weighted by molar-refractivity contribution is 5.89. The van der Waals surface area contributed by atoms with Crippen LogP contribution in [0.5, 0.6) is 5.75 Å². The van der Waals surface area contributed by atoms with Crippen molar-refractivity contribution < 1.29 is 28.2 Å². The fourth-order valence-corrected chi connectivity index (χ4v) is 3.54. The second kappa shape index (κ2) is 8.57. The van der Waals surface area contributed by atoms with E-state index in [1.54, 1.807) is 52.0 Å². The monoisotopic (exact) mass is 428 g/mol. The van der Waals surface area contributed by atoms with Gasteiger partial charge < -0.3 is 18.6 Å². The molecule has 1 aliphatic heterocycles. The zero-order chi connectivity index (χ0) is 22.9. The minimum atomic E-state index is -1.12. The third kappa shape index (κ3) is 4.65. The number of fused-ring (bicyclic) bond motifs is 3. The normalized spacial score (nSPS) is 18.6. The highest BCUT2D eigenvalue weighted by Crippen LogP contribution is 2.47. The quantitative estimate of drug-likeness (QED) is 0.381. The topological polar surface area (TPSA) is 92.0 Å². The molecule has 0 spiro atoms. The fourth-order valence-electron chi connectivity index (χ4n) is 3.54. The molecule has 0 fully saturated rings.